The number of hydrogen-bond donors (Lipinski definition) is 1. The Hall–Kier alpha value is -0.830. The van der Waals surface area contributed by atoms with Crippen molar-refractivity contribution in [3.63, 3.8) is 0 Å². The highest BCUT2D eigenvalue weighted by Gasteiger charge is 2.12. The smallest absolute Gasteiger partial charge is 0.331 e. The maximum absolute atomic E-state index is 11.0. The van der Waals surface area contributed by atoms with Crippen molar-refractivity contribution >= 4 is 5.97 Å². The van der Waals surface area contributed by atoms with Crippen molar-refractivity contribution in [2.75, 3.05) is 0 Å². The monoisotopic (exact) mass is 255 g/mol. The molecule has 0 aliphatic rings. The normalized spacial score (nSPS) is 13.9. The fraction of sp³-hybridized carbons (Fsp3) is 0.800. The van der Waals surface area contributed by atoms with Crippen LogP contribution in [0, 0.1) is 0 Å². The van der Waals surface area contributed by atoms with Gasteiger partial charge in [-0.3, -0.25) is 5.32 Å². The lowest BCUT2D eigenvalue weighted by Crippen LogP contribution is -2.38. The van der Waals surface area contributed by atoms with Crippen LogP contribution in [-0.2, 0) is 9.53 Å². The Kier molecular flexibility index (Phi) is 10.8. The molecule has 0 radical (unpaired) electrons. The Morgan fingerprint density at radius 1 is 1.28 bits per heavy atom. The molecule has 0 bridgehead atoms. The van der Waals surface area contributed by atoms with E-state index in [9.17, 15) is 4.79 Å². The molecule has 0 aliphatic carbocycles. The van der Waals surface area contributed by atoms with Crippen molar-refractivity contribution < 1.29 is 9.53 Å². The highest BCUT2D eigenvalue weighted by Crippen LogP contribution is 2.10. The number of nitrogens with one attached hydrogen (secondary N) is 1. The third-order valence-corrected chi connectivity index (χ3v) is 3.08. The van der Waals surface area contributed by atoms with Gasteiger partial charge in [-0.2, -0.15) is 0 Å². The van der Waals surface area contributed by atoms with Crippen LogP contribution < -0.4 is 5.32 Å². The minimum atomic E-state index is -0.368. The molecule has 0 amide bonds. The van der Waals surface area contributed by atoms with Gasteiger partial charge in [-0.05, 0) is 19.8 Å². The van der Waals surface area contributed by atoms with E-state index in [1.165, 1.54) is 38.2 Å². The standard InChI is InChI=1S/C15H29NO2/c1-5-8-9-10-11-12-14(6-2)16-13(4)18-15(17)7-3/h7,13-14,16H,3,5-6,8-12H2,1-2,4H3. The second-order valence-corrected chi connectivity index (χ2v) is 4.76. The molecule has 0 aliphatic heterocycles. The van der Waals surface area contributed by atoms with Gasteiger partial charge in [-0.15, -0.1) is 0 Å². The van der Waals surface area contributed by atoms with E-state index in [-0.39, 0.29) is 12.2 Å². The molecule has 2 unspecified atom stereocenters. The third kappa shape index (κ3) is 9.23. The number of ether oxygens (including phenoxy) is 1. The predicted molar refractivity (Wildman–Crippen MR) is 76.3 cm³/mol. The summed E-state index contributed by atoms with van der Waals surface area (Å²) < 4.78 is 5.11. The Bertz CT molecular complexity index is 229. The summed E-state index contributed by atoms with van der Waals surface area (Å²) in [4.78, 5) is 11.0. The van der Waals surface area contributed by atoms with Gasteiger partial charge in [0.15, 0.2) is 6.23 Å². The number of rotatable bonds is 11. The summed E-state index contributed by atoms with van der Waals surface area (Å²) in [7, 11) is 0. The first-order chi connectivity index (χ1) is 8.63. The van der Waals surface area contributed by atoms with E-state index in [4.69, 9.17) is 4.74 Å². The molecule has 0 saturated carbocycles. The predicted octanol–water partition coefficient (Wildman–Crippen LogP) is 3.79. The van der Waals surface area contributed by atoms with Gasteiger partial charge in [-0.25, -0.2) is 4.79 Å². The van der Waals surface area contributed by atoms with Crippen LogP contribution in [0.5, 0.6) is 0 Å². The van der Waals surface area contributed by atoms with Crippen molar-refractivity contribution in [2.24, 2.45) is 0 Å². The van der Waals surface area contributed by atoms with Crippen LogP contribution in [0.1, 0.15) is 65.7 Å². The van der Waals surface area contributed by atoms with Gasteiger partial charge in [0.2, 0.25) is 0 Å². The Balaban J connectivity index is 3.74. The van der Waals surface area contributed by atoms with Gasteiger partial charge < -0.3 is 4.74 Å². The first-order valence-electron chi connectivity index (χ1n) is 7.23. The molecule has 18 heavy (non-hydrogen) atoms. The van der Waals surface area contributed by atoms with E-state index in [1.807, 2.05) is 6.92 Å². The minimum Gasteiger partial charge on any atom is -0.444 e. The molecule has 0 aromatic carbocycles. The number of carbonyl (C=O) groups is 1. The molecule has 0 rings (SSSR count). The molecule has 0 heterocycles. The first kappa shape index (κ1) is 17.2. The van der Waals surface area contributed by atoms with Crippen LogP contribution in [-0.4, -0.2) is 18.2 Å². The molecule has 3 heteroatoms. The topological polar surface area (TPSA) is 38.3 Å². The summed E-state index contributed by atoms with van der Waals surface area (Å²) >= 11 is 0. The molecule has 1 N–H and O–H groups in total. The lowest BCUT2D eigenvalue weighted by molar-refractivity contribution is -0.144. The Labute approximate surface area is 112 Å². The molecular formula is C15H29NO2. The van der Waals surface area contributed by atoms with Gasteiger partial charge in [0.1, 0.15) is 0 Å². The second kappa shape index (κ2) is 11.3. The van der Waals surface area contributed by atoms with Crippen molar-refractivity contribution in [3.8, 4) is 0 Å². The number of hydrogen-bond acceptors (Lipinski definition) is 3. The average Bonchev–Trinajstić information content (AvgIpc) is 2.36. The van der Waals surface area contributed by atoms with Crippen LogP contribution in [0.4, 0.5) is 0 Å². The number of esters is 1. The molecule has 0 fully saturated rings. The van der Waals surface area contributed by atoms with Gasteiger partial charge >= 0.3 is 5.97 Å². The molecule has 3 nitrogen and oxygen atoms in total. The summed E-state index contributed by atoms with van der Waals surface area (Å²) in [6.07, 6.45) is 9.65. The van der Waals surface area contributed by atoms with E-state index in [0.717, 1.165) is 12.8 Å². The van der Waals surface area contributed by atoms with Crippen LogP contribution in [0.25, 0.3) is 0 Å². The maximum Gasteiger partial charge on any atom is 0.331 e. The van der Waals surface area contributed by atoms with Crippen molar-refractivity contribution in [2.45, 2.75) is 78.0 Å². The SMILES string of the molecule is C=CC(=O)OC(C)NC(CC)CCCCCCC. The van der Waals surface area contributed by atoms with Crippen LogP contribution in [0.15, 0.2) is 12.7 Å². The molecular weight excluding hydrogens is 226 g/mol. The van der Waals surface area contributed by atoms with Crippen molar-refractivity contribution in [1.29, 1.82) is 0 Å². The summed E-state index contributed by atoms with van der Waals surface area (Å²) in [6, 6.07) is 0.430. The number of carbonyl (C=O) groups excluding carboxylic acids is 1. The number of unbranched alkanes of at least 4 members (excludes halogenated alkanes) is 4. The van der Waals surface area contributed by atoms with Gasteiger partial charge in [-0.1, -0.05) is 52.5 Å². The molecule has 0 aromatic heterocycles. The fourth-order valence-corrected chi connectivity index (χ4v) is 1.99. The quantitative estimate of drug-likeness (QED) is 0.264. The average molecular weight is 255 g/mol. The van der Waals surface area contributed by atoms with Crippen LogP contribution in [0.3, 0.4) is 0 Å². The lowest BCUT2D eigenvalue weighted by Gasteiger charge is -2.22. The summed E-state index contributed by atoms with van der Waals surface area (Å²) in [5.41, 5.74) is 0. The maximum atomic E-state index is 11.0. The molecule has 106 valence electrons. The van der Waals surface area contributed by atoms with Crippen molar-refractivity contribution in [1.82, 2.24) is 5.32 Å². The molecule has 2 atom stereocenters. The first-order valence-corrected chi connectivity index (χ1v) is 7.23. The largest absolute Gasteiger partial charge is 0.444 e. The van der Waals surface area contributed by atoms with E-state index in [0.29, 0.717) is 6.04 Å². The molecule has 0 spiro atoms. The van der Waals surface area contributed by atoms with Gasteiger partial charge in [0.05, 0.1) is 0 Å². The van der Waals surface area contributed by atoms with Crippen molar-refractivity contribution in [3.05, 3.63) is 12.7 Å². The lowest BCUT2D eigenvalue weighted by atomic mass is 10.0. The van der Waals surface area contributed by atoms with E-state index in [2.05, 4.69) is 25.7 Å². The van der Waals surface area contributed by atoms with E-state index < -0.39 is 0 Å². The Morgan fingerprint density at radius 3 is 2.50 bits per heavy atom. The molecule has 0 saturated heterocycles. The summed E-state index contributed by atoms with van der Waals surface area (Å²) in [5.74, 6) is -0.368. The fourth-order valence-electron chi connectivity index (χ4n) is 1.99. The highest BCUT2D eigenvalue weighted by molar-refractivity contribution is 5.81. The van der Waals surface area contributed by atoms with Crippen LogP contribution in [0.2, 0.25) is 0 Å². The zero-order valence-electron chi connectivity index (χ0n) is 12.2. The van der Waals surface area contributed by atoms with Crippen LogP contribution >= 0.6 is 0 Å². The third-order valence-electron chi connectivity index (χ3n) is 3.08. The second-order valence-electron chi connectivity index (χ2n) is 4.76. The van der Waals surface area contributed by atoms with Gasteiger partial charge in [0.25, 0.3) is 0 Å². The highest BCUT2D eigenvalue weighted by atomic mass is 16.6. The summed E-state index contributed by atoms with van der Waals surface area (Å²) in [6.45, 7) is 9.64. The zero-order chi connectivity index (χ0) is 13.8. The molecule has 0 aromatic rings. The summed E-state index contributed by atoms with van der Waals surface area (Å²) in [5, 5.41) is 3.33. The van der Waals surface area contributed by atoms with E-state index in [1.54, 1.807) is 0 Å². The Morgan fingerprint density at radius 2 is 1.94 bits per heavy atom. The minimum absolute atomic E-state index is 0.240. The zero-order valence-corrected chi connectivity index (χ0v) is 12.2. The van der Waals surface area contributed by atoms with E-state index >= 15 is 0 Å². The van der Waals surface area contributed by atoms with Gasteiger partial charge in [0, 0.05) is 12.1 Å².